The van der Waals surface area contributed by atoms with Crippen molar-refractivity contribution in [2.45, 2.75) is 25.6 Å². The summed E-state index contributed by atoms with van der Waals surface area (Å²) in [4.78, 5) is 16.6. The maximum Gasteiger partial charge on any atom is 0.261 e. The van der Waals surface area contributed by atoms with E-state index in [1.165, 1.54) is 6.33 Å². The van der Waals surface area contributed by atoms with Gasteiger partial charge in [0, 0.05) is 18.7 Å². The summed E-state index contributed by atoms with van der Waals surface area (Å²) in [6.07, 6.45) is 6.97. The standard InChI is InChI=1S/C16H16FN3O/c17-12-3-1-11(2-4-12)7-8-20-10-19-15-9-13(18)5-6-14(15)16(20)21/h1-3,5-6,9-10,12H,4,7-8,18H2. The molecule has 1 aliphatic carbocycles. The van der Waals surface area contributed by atoms with Gasteiger partial charge in [-0.2, -0.15) is 0 Å². The molecule has 0 bridgehead atoms. The number of anilines is 1. The number of aromatic nitrogens is 2. The Morgan fingerprint density at radius 1 is 1.43 bits per heavy atom. The molecule has 1 aliphatic rings. The lowest BCUT2D eigenvalue weighted by molar-refractivity contribution is 0.400. The molecule has 21 heavy (non-hydrogen) atoms. The number of alkyl halides is 1. The fraction of sp³-hybridized carbons (Fsp3) is 0.250. The lowest BCUT2D eigenvalue weighted by atomic mass is 10.0. The Labute approximate surface area is 121 Å². The zero-order valence-corrected chi connectivity index (χ0v) is 11.5. The lowest BCUT2D eigenvalue weighted by Gasteiger charge is -2.11. The number of allylic oxidation sites excluding steroid dienone is 4. The normalized spacial score (nSPS) is 18.0. The summed E-state index contributed by atoms with van der Waals surface area (Å²) in [5, 5.41) is 0.559. The summed E-state index contributed by atoms with van der Waals surface area (Å²) < 4.78 is 14.6. The van der Waals surface area contributed by atoms with Crippen LogP contribution in [0.2, 0.25) is 0 Å². The van der Waals surface area contributed by atoms with Crippen molar-refractivity contribution in [1.82, 2.24) is 9.55 Å². The smallest absolute Gasteiger partial charge is 0.261 e. The molecule has 2 N–H and O–H groups in total. The van der Waals surface area contributed by atoms with E-state index in [-0.39, 0.29) is 5.56 Å². The highest BCUT2D eigenvalue weighted by atomic mass is 19.1. The second-order valence-electron chi connectivity index (χ2n) is 5.16. The Bertz CT molecular complexity index is 792. The summed E-state index contributed by atoms with van der Waals surface area (Å²) in [6.45, 7) is 0.527. The largest absolute Gasteiger partial charge is 0.399 e. The van der Waals surface area contributed by atoms with Gasteiger partial charge in [-0.1, -0.05) is 23.8 Å². The number of hydrogen-bond acceptors (Lipinski definition) is 3. The molecule has 0 saturated heterocycles. The topological polar surface area (TPSA) is 60.9 Å². The predicted octanol–water partition coefficient (Wildman–Crippen LogP) is 2.59. The molecule has 108 valence electrons. The molecule has 3 rings (SSSR count). The second-order valence-corrected chi connectivity index (χ2v) is 5.16. The van der Waals surface area contributed by atoms with Crippen LogP contribution in [0, 0.1) is 0 Å². The molecule has 0 radical (unpaired) electrons. The highest BCUT2D eigenvalue weighted by Gasteiger charge is 2.08. The fourth-order valence-electron chi connectivity index (χ4n) is 2.41. The Morgan fingerprint density at radius 3 is 3.05 bits per heavy atom. The third-order valence-electron chi connectivity index (χ3n) is 3.61. The van der Waals surface area contributed by atoms with Gasteiger partial charge in [-0.25, -0.2) is 9.37 Å². The Morgan fingerprint density at radius 2 is 2.29 bits per heavy atom. The number of nitrogens with zero attached hydrogens (tertiary/aromatic N) is 2. The molecule has 1 unspecified atom stereocenters. The van der Waals surface area contributed by atoms with Crippen LogP contribution in [0.3, 0.4) is 0 Å². The van der Waals surface area contributed by atoms with Gasteiger partial charge in [-0.05, 0) is 24.6 Å². The first kappa shape index (κ1) is 13.5. The molecule has 0 aliphatic heterocycles. The number of rotatable bonds is 3. The van der Waals surface area contributed by atoms with Crippen molar-refractivity contribution in [3.05, 3.63) is 58.7 Å². The molecule has 2 aromatic rings. The quantitative estimate of drug-likeness (QED) is 0.882. The summed E-state index contributed by atoms with van der Waals surface area (Å²) in [5.74, 6) is 0. The molecule has 0 saturated carbocycles. The first-order valence-corrected chi connectivity index (χ1v) is 6.89. The molecular weight excluding hydrogens is 269 g/mol. The van der Waals surface area contributed by atoms with Crippen molar-refractivity contribution >= 4 is 16.6 Å². The maximum absolute atomic E-state index is 13.0. The third kappa shape index (κ3) is 2.86. The van der Waals surface area contributed by atoms with Gasteiger partial charge in [-0.15, -0.1) is 0 Å². The van der Waals surface area contributed by atoms with Gasteiger partial charge >= 0.3 is 0 Å². The van der Waals surface area contributed by atoms with E-state index in [0.29, 0.717) is 36.0 Å². The molecule has 0 spiro atoms. The SMILES string of the molecule is Nc1ccc2c(=O)n(CCC3=CCC(F)C=C3)cnc2c1. The molecule has 4 nitrogen and oxygen atoms in total. The van der Waals surface area contributed by atoms with Crippen LogP contribution in [-0.4, -0.2) is 15.7 Å². The number of nitrogens with two attached hydrogens (primary N) is 1. The minimum absolute atomic E-state index is 0.0799. The second kappa shape index (κ2) is 5.52. The van der Waals surface area contributed by atoms with Crippen molar-refractivity contribution in [2.75, 3.05) is 5.73 Å². The van der Waals surface area contributed by atoms with Gasteiger partial charge in [0.15, 0.2) is 0 Å². The van der Waals surface area contributed by atoms with Crippen LogP contribution < -0.4 is 11.3 Å². The van der Waals surface area contributed by atoms with Crippen LogP contribution in [0.1, 0.15) is 12.8 Å². The third-order valence-corrected chi connectivity index (χ3v) is 3.61. The first-order valence-electron chi connectivity index (χ1n) is 6.89. The van der Waals surface area contributed by atoms with Gasteiger partial charge in [0.25, 0.3) is 5.56 Å². The first-order chi connectivity index (χ1) is 10.1. The maximum atomic E-state index is 13.0. The van der Waals surface area contributed by atoms with Crippen LogP contribution in [0.15, 0.2) is 53.1 Å². The minimum atomic E-state index is -0.885. The van der Waals surface area contributed by atoms with Crippen LogP contribution in [-0.2, 0) is 6.54 Å². The Hall–Kier alpha value is -2.43. The minimum Gasteiger partial charge on any atom is -0.399 e. The molecular formula is C16H16FN3O. The molecule has 1 atom stereocenters. The van der Waals surface area contributed by atoms with E-state index in [2.05, 4.69) is 4.98 Å². The van der Waals surface area contributed by atoms with E-state index in [4.69, 9.17) is 5.73 Å². The monoisotopic (exact) mass is 285 g/mol. The number of benzene rings is 1. The highest BCUT2D eigenvalue weighted by molar-refractivity contribution is 5.80. The molecule has 0 amide bonds. The number of fused-ring (bicyclic) bond motifs is 1. The number of nitrogen functional groups attached to an aromatic ring is 1. The highest BCUT2D eigenvalue weighted by Crippen LogP contribution is 2.16. The summed E-state index contributed by atoms with van der Waals surface area (Å²) in [6, 6.07) is 5.09. The summed E-state index contributed by atoms with van der Waals surface area (Å²) >= 11 is 0. The van der Waals surface area contributed by atoms with Crippen LogP contribution in [0.5, 0.6) is 0 Å². The van der Waals surface area contributed by atoms with Gasteiger partial charge in [0.2, 0.25) is 0 Å². The van der Waals surface area contributed by atoms with Crippen molar-refractivity contribution in [2.24, 2.45) is 0 Å². The lowest BCUT2D eigenvalue weighted by Crippen LogP contribution is -2.21. The predicted molar refractivity (Wildman–Crippen MR) is 81.8 cm³/mol. The van der Waals surface area contributed by atoms with Crippen molar-refractivity contribution < 1.29 is 4.39 Å². The van der Waals surface area contributed by atoms with E-state index in [1.54, 1.807) is 34.9 Å². The van der Waals surface area contributed by atoms with Crippen molar-refractivity contribution in [3.63, 3.8) is 0 Å². The summed E-state index contributed by atoms with van der Waals surface area (Å²) in [5.41, 5.74) is 7.85. The van der Waals surface area contributed by atoms with Gasteiger partial charge < -0.3 is 5.73 Å². The van der Waals surface area contributed by atoms with E-state index in [9.17, 15) is 9.18 Å². The van der Waals surface area contributed by atoms with Crippen LogP contribution in [0.25, 0.3) is 10.9 Å². The molecule has 1 aromatic carbocycles. The van der Waals surface area contributed by atoms with E-state index in [0.717, 1.165) is 5.57 Å². The molecule has 1 aromatic heterocycles. The molecule has 5 heteroatoms. The zero-order valence-electron chi connectivity index (χ0n) is 11.5. The van der Waals surface area contributed by atoms with Crippen molar-refractivity contribution in [3.8, 4) is 0 Å². The molecule has 0 fully saturated rings. The average Bonchev–Trinajstić information content (AvgIpc) is 2.48. The fourth-order valence-corrected chi connectivity index (χ4v) is 2.41. The average molecular weight is 285 g/mol. The van der Waals surface area contributed by atoms with E-state index in [1.807, 2.05) is 6.08 Å². The Kier molecular flexibility index (Phi) is 3.56. The van der Waals surface area contributed by atoms with Gasteiger partial charge in [0.05, 0.1) is 17.2 Å². The van der Waals surface area contributed by atoms with Crippen molar-refractivity contribution in [1.29, 1.82) is 0 Å². The van der Waals surface area contributed by atoms with Crippen LogP contribution in [0.4, 0.5) is 10.1 Å². The number of aryl methyl sites for hydroxylation is 1. The number of hydrogen-bond donors (Lipinski definition) is 1. The van der Waals surface area contributed by atoms with E-state index >= 15 is 0 Å². The van der Waals surface area contributed by atoms with Gasteiger partial charge in [0.1, 0.15) is 6.17 Å². The zero-order chi connectivity index (χ0) is 14.8. The summed E-state index contributed by atoms with van der Waals surface area (Å²) in [7, 11) is 0. The van der Waals surface area contributed by atoms with Gasteiger partial charge in [-0.3, -0.25) is 9.36 Å². The van der Waals surface area contributed by atoms with Crippen LogP contribution >= 0.6 is 0 Å². The number of halogens is 1. The Balaban J connectivity index is 1.82. The van der Waals surface area contributed by atoms with E-state index < -0.39 is 6.17 Å². The molecule has 1 heterocycles.